The number of hydrogen-bond donors (Lipinski definition) is 1. The zero-order valence-corrected chi connectivity index (χ0v) is 15.9. The van der Waals surface area contributed by atoms with Crippen LogP contribution >= 0.6 is 0 Å². The van der Waals surface area contributed by atoms with Gasteiger partial charge in [-0.05, 0) is 31.7 Å². The maximum absolute atomic E-state index is 12.5. The summed E-state index contributed by atoms with van der Waals surface area (Å²) in [5.74, 6) is 0.816. The third-order valence-corrected chi connectivity index (χ3v) is 5.96. The second kappa shape index (κ2) is 7.60. The number of hydrogen-bond acceptors (Lipinski definition) is 7. The van der Waals surface area contributed by atoms with Gasteiger partial charge in [-0.1, -0.05) is 0 Å². The molecule has 28 heavy (non-hydrogen) atoms. The predicted molar refractivity (Wildman–Crippen MR) is 102 cm³/mol. The highest BCUT2D eigenvalue weighted by Gasteiger charge is 2.25. The Bertz CT molecular complexity index is 921. The Hall–Kier alpha value is -2.32. The van der Waals surface area contributed by atoms with Gasteiger partial charge in [0, 0.05) is 36.1 Å². The maximum Gasteiger partial charge on any atom is 0.267 e. The molecule has 0 aromatic carbocycles. The lowest BCUT2D eigenvalue weighted by Crippen LogP contribution is -2.35. The van der Waals surface area contributed by atoms with Crippen molar-refractivity contribution in [2.45, 2.75) is 63.8 Å². The largest absolute Gasteiger partial charge is 0.376 e. The first-order valence-electron chi connectivity index (χ1n) is 10.2. The van der Waals surface area contributed by atoms with Crippen molar-refractivity contribution < 1.29 is 9.47 Å². The van der Waals surface area contributed by atoms with E-state index in [0.29, 0.717) is 25.9 Å². The number of fused-ring (bicyclic) bond motifs is 2. The summed E-state index contributed by atoms with van der Waals surface area (Å²) in [5, 5.41) is 16.8. The molecule has 8 nitrogen and oxygen atoms in total. The molecule has 8 heteroatoms. The molecule has 2 aliphatic heterocycles. The van der Waals surface area contributed by atoms with E-state index in [2.05, 4.69) is 26.7 Å². The minimum atomic E-state index is -0.0128. The van der Waals surface area contributed by atoms with Crippen molar-refractivity contribution in [2.75, 3.05) is 18.5 Å². The van der Waals surface area contributed by atoms with Crippen molar-refractivity contribution in [3.63, 3.8) is 0 Å². The van der Waals surface area contributed by atoms with Gasteiger partial charge in [0.2, 0.25) is 0 Å². The number of anilines is 1. The average molecular weight is 383 g/mol. The molecular weight excluding hydrogens is 358 g/mol. The van der Waals surface area contributed by atoms with Gasteiger partial charge in [0.1, 0.15) is 5.82 Å². The van der Waals surface area contributed by atoms with E-state index in [9.17, 15) is 4.79 Å². The molecule has 1 fully saturated rings. The lowest BCUT2D eigenvalue weighted by Gasteiger charge is -2.30. The van der Waals surface area contributed by atoms with Gasteiger partial charge >= 0.3 is 0 Å². The molecule has 148 valence electrons. The number of aromatic nitrogens is 4. The molecule has 0 spiro atoms. The molecule has 1 saturated carbocycles. The van der Waals surface area contributed by atoms with Crippen LogP contribution in [0.3, 0.4) is 0 Å². The number of nitrogens with zero attached hydrogens (tertiary/aromatic N) is 4. The molecule has 0 atom stereocenters. The molecule has 2 aromatic rings. The SMILES string of the molecule is O=c1cc2c(nn1C1CCC(Nc3cc4c(nn3)CCOC4)CC1)CCOC2. The fourth-order valence-electron chi connectivity index (χ4n) is 4.38. The van der Waals surface area contributed by atoms with Crippen LogP contribution in [0.2, 0.25) is 0 Å². The van der Waals surface area contributed by atoms with Crippen LogP contribution in [0.5, 0.6) is 0 Å². The highest BCUT2D eigenvalue weighted by atomic mass is 16.5. The first-order chi connectivity index (χ1) is 13.8. The summed E-state index contributed by atoms with van der Waals surface area (Å²) >= 11 is 0. The van der Waals surface area contributed by atoms with E-state index in [4.69, 9.17) is 9.47 Å². The van der Waals surface area contributed by atoms with Crippen LogP contribution in [0.15, 0.2) is 16.9 Å². The van der Waals surface area contributed by atoms with Crippen LogP contribution < -0.4 is 10.9 Å². The topological polar surface area (TPSA) is 91.2 Å². The summed E-state index contributed by atoms with van der Waals surface area (Å²) in [5.41, 5.74) is 4.12. The summed E-state index contributed by atoms with van der Waals surface area (Å²) in [6.07, 6.45) is 5.45. The first kappa shape index (κ1) is 17.8. The Labute approximate surface area is 163 Å². The van der Waals surface area contributed by atoms with Crippen LogP contribution in [0.1, 0.15) is 54.2 Å². The van der Waals surface area contributed by atoms with E-state index in [-0.39, 0.29) is 11.6 Å². The van der Waals surface area contributed by atoms with Gasteiger partial charge in [-0.3, -0.25) is 4.79 Å². The molecule has 0 unspecified atom stereocenters. The van der Waals surface area contributed by atoms with E-state index in [1.807, 2.05) is 0 Å². The van der Waals surface area contributed by atoms with Gasteiger partial charge < -0.3 is 14.8 Å². The fourth-order valence-corrected chi connectivity index (χ4v) is 4.38. The zero-order chi connectivity index (χ0) is 18.9. The number of nitrogens with one attached hydrogen (secondary N) is 1. The van der Waals surface area contributed by atoms with Crippen molar-refractivity contribution in [2.24, 2.45) is 0 Å². The van der Waals surface area contributed by atoms with Crippen LogP contribution in [-0.2, 0) is 35.5 Å². The van der Waals surface area contributed by atoms with Gasteiger partial charge in [-0.25, -0.2) is 4.68 Å². The zero-order valence-electron chi connectivity index (χ0n) is 15.9. The van der Waals surface area contributed by atoms with E-state index >= 15 is 0 Å². The van der Waals surface area contributed by atoms with Gasteiger partial charge in [-0.2, -0.15) is 10.2 Å². The van der Waals surface area contributed by atoms with Crippen molar-refractivity contribution >= 4 is 5.82 Å². The fraction of sp³-hybridized carbons (Fsp3) is 0.600. The standard InChI is InChI=1S/C20H25N5O3/c26-20-10-14-12-28-8-6-18(14)24-25(20)16-3-1-15(2-4-16)21-19-9-13-11-27-7-5-17(13)22-23-19/h9-10,15-16H,1-8,11-12H2,(H,21,23). The van der Waals surface area contributed by atoms with E-state index in [1.54, 1.807) is 10.7 Å². The molecule has 0 amide bonds. The summed E-state index contributed by atoms with van der Waals surface area (Å²) in [6, 6.07) is 4.28. The van der Waals surface area contributed by atoms with Crippen LogP contribution in [0.25, 0.3) is 0 Å². The molecule has 4 heterocycles. The predicted octanol–water partition coefficient (Wildman–Crippen LogP) is 1.77. The van der Waals surface area contributed by atoms with E-state index in [0.717, 1.165) is 73.5 Å². The van der Waals surface area contributed by atoms with Gasteiger partial charge in [0.15, 0.2) is 0 Å². The molecule has 1 aliphatic carbocycles. The highest BCUT2D eigenvalue weighted by Crippen LogP contribution is 2.29. The highest BCUT2D eigenvalue weighted by molar-refractivity contribution is 5.39. The van der Waals surface area contributed by atoms with E-state index < -0.39 is 0 Å². The number of ether oxygens (including phenoxy) is 2. The van der Waals surface area contributed by atoms with Crippen molar-refractivity contribution in [1.82, 2.24) is 20.0 Å². The maximum atomic E-state index is 12.5. The smallest absolute Gasteiger partial charge is 0.267 e. The van der Waals surface area contributed by atoms with E-state index in [1.165, 1.54) is 0 Å². The molecule has 3 aliphatic rings. The van der Waals surface area contributed by atoms with Gasteiger partial charge in [-0.15, -0.1) is 5.10 Å². The van der Waals surface area contributed by atoms with Gasteiger partial charge in [0.05, 0.1) is 43.9 Å². The van der Waals surface area contributed by atoms with Crippen molar-refractivity contribution in [1.29, 1.82) is 0 Å². The van der Waals surface area contributed by atoms with Crippen LogP contribution in [-0.4, -0.2) is 39.2 Å². The van der Waals surface area contributed by atoms with Crippen molar-refractivity contribution in [3.8, 4) is 0 Å². The minimum Gasteiger partial charge on any atom is -0.376 e. The summed E-state index contributed by atoms with van der Waals surface area (Å²) in [7, 11) is 0. The van der Waals surface area contributed by atoms with Crippen molar-refractivity contribution in [3.05, 3.63) is 45.0 Å². The molecule has 0 saturated heterocycles. The monoisotopic (exact) mass is 383 g/mol. The molecule has 2 aromatic heterocycles. The Kier molecular flexibility index (Phi) is 4.82. The molecule has 5 rings (SSSR count). The van der Waals surface area contributed by atoms with Crippen LogP contribution in [0.4, 0.5) is 5.82 Å². The molecule has 1 N–H and O–H groups in total. The summed E-state index contributed by atoms with van der Waals surface area (Å²) in [4.78, 5) is 12.5. The Balaban J connectivity index is 1.24. The number of rotatable bonds is 3. The quantitative estimate of drug-likeness (QED) is 0.864. The lowest BCUT2D eigenvalue weighted by atomic mass is 9.91. The average Bonchev–Trinajstić information content (AvgIpc) is 2.74. The summed E-state index contributed by atoms with van der Waals surface area (Å²) < 4.78 is 12.6. The normalized spacial score (nSPS) is 24.3. The Morgan fingerprint density at radius 2 is 1.64 bits per heavy atom. The molecule has 0 radical (unpaired) electrons. The molecular formula is C20H25N5O3. The summed E-state index contributed by atoms with van der Waals surface area (Å²) in [6.45, 7) is 2.52. The second-order valence-corrected chi connectivity index (χ2v) is 7.86. The van der Waals surface area contributed by atoms with Gasteiger partial charge in [0.25, 0.3) is 5.56 Å². The second-order valence-electron chi connectivity index (χ2n) is 7.86. The Morgan fingerprint density at radius 1 is 0.929 bits per heavy atom. The minimum absolute atomic E-state index is 0.0128. The third kappa shape index (κ3) is 3.54. The van der Waals surface area contributed by atoms with Crippen LogP contribution in [0, 0.1) is 0 Å². The third-order valence-electron chi connectivity index (χ3n) is 5.96. The lowest BCUT2D eigenvalue weighted by molar-refractivity contribution is 0.107. The molecule has 0 bridgehead atoms. The first-order valence-corrected chi connectivity index (χ1v) is 10.2. The Morgan fingerprint density at radius 3 is 2.43 bits per heavy atom.